The van der Waals surface area contributed by atoms with E-state index < -0.39 is 17.9 Å². The highest BCUT2D eigenvalue weighted by atomic mass is 79.9. The Labute approximate surface area is 241 Å². The summed E-state index contributed by atoms with van der Waals surface area (Å²) < 4.78 is 0.918. The highest BCUT2D eigenvalue weighted by molar-refractivity contribution is 9.10. The van der Waals surface area contributed by atoms with Gasteiger partial charge in [-0.2, -0.15) is 0 Å². The van der Waals surface area contributed by atoms with Crippen molar-refractivity contribution in [2.45, 2.75) is 32.4 Å². The van der Waals surface area contributed by atoms with E-state index in [1.807, 2.05) is 61.5 Å². The van der Waals surface area contributed by atoms with E-state index >= 15 is 0 Å². The van der Waals surface area contributed by atoms with Crippen molar-refractivity contribution in [2.24, 2.45) is 5.92 Å². The van der Waals surface area contributed by atoms with E-state index in [1.165, 1.54) is 17.0 Å². The van der Waals surface area contributed by atoms with Crippen molar-refractivity contribution in [3.05, 3.63) is 99.0 Å². The Hall–Kier alpha value is -3.20. The van der Waals surface area contributed by atoms with Crippen LogP contribution in [-0.2, 0) is 16.1 Å². The Morgan fingerprint density at radius 2 is 1.82 bits per heavy atom. The van der Waals surface area contributed by atoms with E-state index in [2.05, 4.69) is 21.2 Å². The molecule has 2 N–H and O–H groups in total. The Morgan fingerprint density at radius 3 is 2.51 bits per heavy atom. The van der Waals surface area contributed by atoms with Crippen LogP contribution in [0, 0.1) is 5.92 Å². The zero-order valence-electron chi connectivity index (χ0n) is 21.6. The molecule has 2 atom stereocenters. The molecule has 9 heteroatoms. The molecule has 3 amide bonds. The minimum Gasteiger partial charge on any atom is -0.388 e. The second kappa shape index (κ2) is 13.2. The number of aliphatic hydroxyl groups is 1. The van der Waals surface area contributed by atoms with Crippen molar-refractivity contribution in [2.75, 3.05) is 25.0 Å². The Balaban J connectivity index is 1.41. The number of benzene rings is 3. The Kier molecular flexibility index (Phi) is 9.78. The smallest absolute Gasteiger partial charge is 0.313 e. The zero-order chi connectivity index (χ0) is 27.9. The minimum absolute atomic E-state index is 0.180. The SMILES string of the molecule is CCN(Cc1ccccc1)C(=O)c1cc(NC(=O)C(=O)N2CCCC(C(O)c3ccc(Br)cc3)C2)ccc1Cl. The zero-order valence-corrected chi connectivity index (χ0v) is 24.0. The molecular weight excluding hydrogens is 582 g/mol. The number of amides is 3. The number of hydrogen-bond donors (Lipinski definition) is 2. The van der Waals surface area contributed by atoms with Gasteiger partial charge in [-0.25, -0.2) is 0 Å². The Morgan fingerprint density at radius 1 is 1.10 bits per heavy atom. The lowest BCUT2D eigenvalue weighted by molar-refractivity contribution is -0.145. The predicted molar refractivity (Wildman–Crippen MR) is 155 cm³/mol. The molecule has 7 nitrogen and oxygen atoms in total. The average molecular weight is 613 g/mol. The second-order valence-corrected chi connectivity index (χ2v) is 10.9. The fourth-order valence-corrected chi connectivity index (χ4v) is 5.24. The third-order valence-electron chi connectivity index (χ3n) is 6.94. The number of aliphatic hydroxyl groups excluding tert-OH is 1. The van der Waals surface area contributed by atoms with Crippen LogP contribution in [0.1, 0.15) is 47.4 Å². The van der Waals surface area contributed by atoms with Crippen LogP contribution in [0.5, 0.6) is 0 Å². The molecule has 0 aromatic heterocycles. The average Bonchev–Trinajstić information content (AvgIpc) is 2.96. The van der Waals surface area contributed by atoms with Crippen LogP contribution in [0.2, 0.25) is 5.02 Å². The molecule has 1 aliphatic rings. The molecule has 0 saturated carbocycles. The quantitative estimate of drug-likeness (QED) is 0.336. The molecular formula is C30H31BrClN3O4. The van der Waals surface area contributed by atoms with Crippen LogP contribution in [0.3, 0.4) is 0 Å². The van der Waals surface area contributed by atoms with E-state index in [0.717, 1.165) is 22.0 Å². The number of nitrogens with zero attached hydrogens (tertiary/aromatic N) is 2. The number of rotatable bonds is 7. The molecule has 4 rings (SSSR count). The summed E-state index contributed by atoms with van der Waals surface area (Å²) in [7, 11) is 0. The van der Waals surface area contributed by atoms with Crippen LogP contribution in [-0.4, -0.2) is 52.3 Å². The van der Waals surface area contributed by atoms with Gasteiger partial charge in [-0.05, 0) is 61.2 Å². The number of hydrogen-bond acceptors (Lipinski definition) is 4. The van der Waals surface area contributed by atoms with Gasteiger partial charge in [0, 0.05) is 42.3 Å². The van der Waals surface area contributed by atoms with Gasteiger partial charge in [0.2, 0.25) is 0 Å². The molecule has 204 valence electrons. The van der Waals surface area contributed by atoms with Gasteiger partial charge in [0.1, 0.15) is 0 Å². The van der Waals surface area contributed by atoms with Crippen molar-refractivity contribution in [1.29, 1.82) is 0 Å². The van der Waals surface area contributed by atoms with Crippen LogP contribution < -0.4 is 5.32 Å². The minimum atomic E-state index is -0.800. The molecule has 0 spiro atoms. The molecule has 0 radical (unpaired) electrons. The molecule has 0 aliphatic carbocycles. The standard InChI is InChI=1S/C30H31BrClN3O4/c1-2-34(18-20-7-4-3-5-8-20)29(38)25-17-24(14-15-26(25)32)33-28(37)30(39)35-16-6-9-22(19-35)27(36)21-10-12-23(31)13-11-21/h3-5,7-8,10-15,17,22,27,36H,2,6,9,16,18-19H2,1H3,(H,33,37). The number of nitrogens with one attached hydrogen (secondary N) is 1. The lowest BCUT2D eigenvalue weighted by atomic mass is 9.88. The monoisotopic (exact) mass is 611 g/mol. The molecule has 3 aromatic carbocycles. The molecule has 1 fully saturated rings. The van der Waals surface area contributed by atoms with Gasteiger partial charge in [-0.15, -0.1) is 0 Å². The van der Waals surface area contributed by atoms with Crippen molar-refractivity contribution in [3.63, 3.8) is 0 Å². The first-order valence-corrected chi connectivity index (χ1v) is 14.1. The highest BCUT2D eigenvalue weighted by Crippen LogP contribution is 2.31. The van der Waals surface area contributed by atoms with E-state index in [4.69, 9.17) is 11.6 Å². The number of piperidine rings is 1. The normalized spacial score (nSPS) is 15.9. The highest BCUT2D eigenvalue weighted by Gasteiger charge is 2.32. The van der Waals surface area contributed by atoms with Gasteiger partial charge in [0.15, 0.2) is 0 Å². The molecule has 3 aromatic rings. The van der Waals surface area contributed by atoms with E-state index in [0.29, 0.717) is 31.7 Å². The predicted octanol–water partition coefficient (Wildman–Crippen LogP) is 5.68. The summed E-state index contributed by atoms with van der Waals surface area (Å²) in [5.74, 6) is -1.92. The fraction of sp³-hybridized carbons (Fsp3) is 0.300. The molecule has 2 unspecified atom stereocenters. The number of anilines is 1. The van der Waals surface area contributed by atoms with E-state index in [1.54, 1.807) is 11.0 Å². The van der Waals surface area contributed by atoms with Gasteiger partial charge < -0.3 is 20.2 Å². The molecule has 39 heavy (non-hydrogen) atoms. The number of carbonyl (C=O) groups excluding carboxylic acids is 3. The van der Waals surface area contributed by atoms with E-state index in [9.17, 15) is 19.5 Å². The maximum atomic E-state index is 13.3. The molecule has 1 aliphatic heterocycles. The Bertz CT molecular complexity index is 1320. The van der Waals surface area contributed by atoms with Gasteiger partial charge in [0.05, 0.1) is 16.7 Å². The van der Waals surface area contributed by atoms with Crippen LogP contribution in [0.4, 0.5) is 5.69 Å². The second-order valence-electron chi connectivity index (χ2n) is 9.60. The van der Waals surface area contributed by atoms with Gasteiger partial charge in [0.25, 0.3) is 5.91 Å². The summed E-state index contributed by atoms with van der Waals surface area (Å²) in [6.07, 6.45) is 0.701. The fourth-order valence-electron chi connectivity index (χ4n) is 4.78. The third kappa shape index (κ3) is 7.26. The number of carbonyl (C=O) groups is 3. The lowest BCUT2D eigenvalue weighted by Crippen LogP contribution is -2.46. The summed E-state index contributed by atoms with van der Waals surface area (Å²) in [5, 5.41) is 13.8. The number of halogens is 2. The van der Waals surface area contributed by atoms with Crippen molar-refractivity contribution in [1.82, 2.24) is 9.80 Å². The topological polar surface area (TPSA) is 90.0 Å². The van der Waals surface area contributed by atoms with Gasteiger partial charge in [-0.3, -0.25) is 14.4 Å². The van der Waals surface area contributed by atoms with Gasteiger partial charge in [-0.1, -0.05) is 70.0 Å². The van der Waals surface area contributed by atoms with Crippen LogP contribution in [0.25, 0.3) is 0 Å². The maximum absolute atomic E-state index is 13.3. The third-order valence-corrected chi connectivity index (χ3v) is 7.80. The van der Waals surface area contributed by atoms with E-state index in [-0.39, 0.29) is 29.0 Å². The summed E-state index contributed by atoms with van der Waals surface area (Å²) in [6, 6.07) is 21.7. The first-order chi connectivity index (χ1) is 18.8. The molecule has 1 heterocycles. The summed E-state index contributed by atoms with van der Waals surface area (Å²) in [5.41, 5.74) is 2.31. The first kappa shape index (κ1) is 28.8. The van der Waals surface area contributed by atoms with Crippen molar-refractivity contribution in [3.8, 4) is 0 Å². The summed E-state index contributed by atoms with van der Waals surface area (Å²) >= 11 is 9.75. The summed E-state index contributed by atoms with van der Waals surface area (Å²) in [6.45, 7) is 3.49. The lowest BCUT2D eigenvalue weighted by Gasteiger charge is -2.35. The molecule has 1 saturated heterocycles. The largest absolute Gasteiger partial charge is 0.388 e. The van der Waals surface area contributed by atoms with Gasteiger partial charge >= 0.3 is 11.8 Å². The van der Waals surface area contributed by atoms with Crippen LogP contribution in [0.15, 0.2) is 77.3 Å². The van der Waals surface area contributed by atoms with Crippen molar-refractivity contribution >= 4 is 50.9 Å². The first-order valence-electron chi connectivity index (χ1n) is 12.9. The maximum Gasteiger partial charge on any atom is 0.313 e. The summed E-state index contributed by atoms with van der Waals surface area (Å²) in [4.78, 5) is 42.3. The molecule has 0 bridgehead atoms. The van der Waals surface area contributed by atoms with Crippen LogP contribution >= 0.6 is 27.5 Å². The van der Waals surface area contributed by atoms with Crippen molar-refractivity contribution < 1.29 is 19.5 Å². The number of likely N-dealkylation sites (tertiary alicyclic amines) is 1.